The minimum absolute atomic E-state index is 0.339. The number of H-pyrrole nitrogens is 1. The minimum Gasteiger partial charge on any atom is -0.297 e. The number of nitrogens with one attached hydrogen (secondary N) is 1. The van der Waals surface area contributed by atoms with Crippen LogP contribution in [0.5, 0.6) is 0 Å². The van der Waals surface area contributed by atoms with Crippen molar-refractivity contribution in [2.75, 3.05) is 5.75 Å². The molecule has 0 aliphatic rings. The molecule has 18 heavy (non-hydrogen) atoms. The third-order valence-corrected chi connectivity index (χ3v) is 3.30. The zero-order chi connectivity index (χ0) is 13.0. The van der Waals surface area contributed by atoms with E-state index < -0.39 is 17.1 Å². The molecule has 4 nitrogen and oxygen atoms in total. The molecule has 0 aliphatic carbocycles. The molecule has 0 spiro atoms. The molecule has 1 heterocycles. The van der Waals surface area contributed by atoms with Crippen molar-refractivity contribution < 1.29 is 4.39 Å². The van der Waals surface area contributed by atoms with Crippen LogP contribution in [0.2, 0.25) is 0 Å². The number of hydrogen-bond acceptors (Lipinski definition) is 3. The molecule has 6 heteroatoms. The summed E-state index contributed by atoms with van der Waals surface area (Å²) < 4.78 is 14.2. The second-order valence-electron chi connectivity index (χ2n) is 3.59. The van der Waals surface area contributed by atoms with Gasteiger partial charge in [0.25, 0.3) is 5.56 Å². The van der Waals surface area contributed by atoms with Gasteiger partial charge in [0.15, 0.2) is 0 Å². The van der Waals surface area contributed by atoms with Gasteiger partial charge in [-0.3, -0.25) is 14.3 Å². The van der Waals surface area contributed by atoms with Crippen molar-refractivity contribution >= 4 is 11.8 Å². The number of hydrogen-bond donors (Lipinski definition) is 1. The highest BCUT2D eigenvalue weighted by Gasteiger charge is 2.03. The maximum absolute atomic E-state index is 13.0. The lowest BCUT2D eigenvalue weighted by atomic mass is 10.4. The Labute approximate surface area is 106 Å². The SMILES string of the molecule is O=c1[nH]c(=O)n(CCSc2ccccc2)cc1F. The number of aromatic amines is 1. The second-order valence-corrected chi connectivity index (χ2v) is 4.76. The standard InChI is InChI=1S/C12H11FN2O2S/c13-10-8-15(12(17)14-11(10)16)6-7-18-9-4-2-1-3-5-9/h1-5,8H,6-7H2,(H,14,16,17). The summed E-state index contributed by atoms with van der Waals surface area (Å²) in [5, 5.41) is 0. The molecule has 0 saturated heterocycles. The molecule has 0 fully saturated rings. The van der Waals surface area contributed by atoms with Crippen molar-refractivity contribution in [2.24, 2.45) is 0 Å². The molecule has 2 rings (SSSR count). The summed E-state index contributed by atoms with van der Waals surface area (Å²) in [6, 6.07) is 9.69. The number of aromatic nitrogens is 2. The van der Waals surface area contributed by atoms with Crippen LogP contribution < -0.4 is 11.2 Å². The van der Waals surface area contributed by atoms with Crippen LogP contribution in [0.15, 0.2) is 51.0 Å². The number of nitrogens with zero attached hydrogens (tertiary/aromatic N) is 1. The number of thioether (sulfide) groups is 1. The first kappa shape index (κ1) is 12.6. The number of benzene rings is 1. The third kappa shape index (κ3) is 3.10. The van der Waals surface area contributed by atoms with Crippen LogP contribution in [-0.2, 0) is 6.54 Å². The summed E-state index contributed by atoms with van der Waals surface area (Å²) in [5.41, 5.74) is -1.57. The molecule has 2 aromatic rings. The molecule has 0 radical (unpaired) electrons. The van der Waals surface area contributed by atoms with Crippen molar-refractivity contribution in [3.8, 4) is 0 Å². The van der Waals surface area contributed by atoms with Gasteiger partial charge in [0.1, 0.15) is 0 Å². The lowest BCUT2D eigenvalue weighted by Gasteiger charge is -2.04. The molecule has 1 aromatic heterocycles. The predicted octanol–water partition coefficient (Wildman–Crippen LogP) is 1.47. The first-order valence-corrected chi connectivity index (χ1v) is 6.32. The van der Waals surface area contributed by atoms with E-state index in [9.17, 15) is 14.0 Å². The Morgan fingerprint density at radius 2 is 1.94 bits per heavy atom. The Bertz CT molecular complexity index is 637. The van der Waals surface area contributed by atoms with E-state index in [0.717, 1.165) is 15.7 Å². The summed E-state index contributed by atoms with van der Waals surface area (Å²) >= 11 is 1.56. The molecule has 0 unspecified atom stereocenters. The van der Waals surface area contributed by atoms with Gasteiger partial charge in [-0.25, -0.2) is 4.79 Å². The van der Waals surface area contributed by atoms with Crippen LogP contribution in [0.3, 0.4) is 0 Å². The van der Waals surface area contributed by atoms with Gasteiger partial charge in [-0.2, -0.15) is 4.39 Å². The van der Waals surface area contributed by atoms with E-state index >= 15 is 0 Å². The van der Waals surface area contributed by atoms with Crippen molar-refractivity contribution in [3.05, 3.63) is 63.2 Å². The summed E-state index contributed by atoms with van der Waals surface area (Å²) in [6.45, 7) is 0.339. The van der Waals surface area contributed by atoms with Gasteiger partial charge in [-0.15, -0.1) is 11.8 Å². The average molecular weight is 266 g/mol. The molecular formula is C12H11FN2O2S. The first-order chi connectivity index (χ1) is 8.66. The van der Waals surface area contributed by atoms with E-state index in [1.165, 1.54) is 0 Å². The zero-order valence-corrected chi connectivity index (χ0v) is 10.2. The topological polar surface area (TPSA) is 54.9 Å². The van der Waals surface area contributed by atoms with Gasteiger partial charge in [0.05, 0.1) is 6.20 Å². The zero-order valence-electron chi connectivity index (χ0n) is 9.43. The maximum atomic E-state index is 13.0. The smallest absolute Gasteiger partial charge is 0.297 e. The third-order valence-electron chi connectivity index (χ3n) is 2.31. The summed E-state index contributed by atoms with van der Waals surface area (Å²) in [6.07, 6.45) is 0.937. The summed E-state index contributed by atoms with van der Waals surface area (Å²) in [5.74, 6) is -0.325. The molecule has 0 atom stereocenters. The number of rotatable bonds is 4. The molecule has 94 valence electrons. The van der Waals surface area contributed by atoms with Crippen LogP contribution in [0, 0.1) is 5.82 Å². The van der Waals surface area contributed by atoms with Crippen molar-refractivity contribution in [1.82, 2.24) is 9.55 Å². The van der Waals surface area contributed by atoms with Crippen LogP contribution >= 0.6 is 11.8 Å². The average Bonchev–Trinajstić information content (AvgIpc) is 2.37. The van der Waals surface area contributed by atoms with Gasteiger partial charge in [0.2, 0.25) is 5.82 Å². The van der Waals surface area contributed by atoms with Gasteiger partial charge in [-0.1, -0.05) is 18.2 Å². The maximum Gasteiger partial charge on any atom is 0.328 e. The van der Waals surface area contributed by atoms with Gasteiger partial charge in [0, 0.05) is 17.2 Å². The monoisotopic (exact) mass is 266 g/mol. The highest BCUT2D eigenvalue weighted by Crippen LogP contribution is 2.16. The Hall–Kier alpha value is -1.82. The fourth-order valence-corrected chi connectivity index (χ4v) is 2.30. The Kier molecular flexibility index (Phi) is 3.99. The normalized spacial score (nSPS) is 10.5. The van der Waals surface area contributed by atoms with Crippen LogP contribution in [0.4, 0.5) is 4.39 Å². The quantitative estimate of drug-likeness (QED) is 0.853. The highest BCUT2D eigenvalue weighted by molar-refractivity contribution is 7.99. The molecule has 1 aromatic carbocycles. The fraction of sp³-hybridized carbons (Fsp3) is 0.167. The molecule has 0 saturated carbocycles. The van der Waals surface area contributed by atoms with Crippen LogP contribution in [-0.4, -0.2) is 15.3 Å². The largest absolute Gasteiger partial charge is 0.328 e. The molecule has 1 N–H and O–H groups in total. The van der Waals surface area contributed by atoms with Crippen molar-refractivity contribution in [1.29, 1.82) is 0 Å². The Morgan fingerprint density at radius 3 is 2.67 bits per heavy atom. The minimum atomic E-state index is -0.980. The van der Waals surface area contributed by atoms with Crippen LogP contribution in [0.1, 0.15) is 0 Å². The molecule has 0 aliphatic heterocycles. The highest BCUT2D eigenvalue weighted by atomic mass is 32.2. The summed E-state index contributed by atoms with van der Waals surface area (Å²) in [4.78, 5) is 25.2. The first-order valence-electron chi connectivity index (χ1n) is 5.34. The van der Waals surface area contributed by atoms with E-state index in [1.54, 1.807) is 11.8 Å². The van der Waals surface area contributed by atoms with E-state index in [1.807, 2.05) is 35.3 Å². The van der Waals surface area contributed by atoms with Gasteiger partial charge in [-0.05, 0) is 12.1 Å². The summed E-state index contributed by atoms with van der Waals surface area (Å²) in [7, 11) is 0. The molecule has 0 amide bonds. The number of halogens is 1. The second kappa shape index (κ2) is 5.68. The van der Waals surface area contributed by atoms with E-state index in [2.05, 4.69) is 0 Å². The van der Waals surface area contributed by atoms with E-state index in [0.29, 0.717) is 12.3 Å². The van der Waals surface area contributed by atoms with Gasteiger partial charge >= 0.3 is 5.69 Å². The van der Waals surface area contributed by atoms with Crippen LogP contribution in [0.25, 0.3) is 0 Å². The van der Waals surface area contributed by atoms with Crippen molar-refractivity contribution in [2.45, 2.75) is 11.4 Å². The molecule has 0 bridgehead atoms. The lowest BCUT2D eigenvalue weighted by molar-refractivity contribution is 0.562. The molecular weight excluding hydrogens is 255 g/mol. The van der Waals surface area contributed by atoms with E-state index in [4.69, 9.17) is 0 Å². The Balaban J connectivity index is 2.01. The van der Waals surface area contributed by atoms with Gasteiger partial charge < -0.3 is 0 Å². The lowest BCUT2D eigenvalue weighted by Crippen LogP contribution is -2.31. The fourth-order valence-electron chi connectivity index (χ4n) is 1.43. The Morgan fingerprint density at radius 1 is 1.22 bits per heavy atom. The van der Waals surface area contributed by atoms with Crippen molar-refractivity contribution in [3.63, 3.8) is 0 Å². The number of aryl methyl sites for hydroxylation is 1. The van der Waals surface area contributed by atoms with E-state index in [-0.39, 0.29) is 0 Å². The predicted molar refractivity (Wildman–Crippen MR) is 68.4 cm³/mol.